The van der Waals surface area contributed by atoms with Crippen molar-refractivity contribution in [3.63, 3.8) is 0 Å². The Morgan fingerprint density at radius 3 is 2.83 bits per heavy atom. The maximum atomic E-state index is 12.4. The smallest absolute Gasteiger partial charge is 0.303 e. The minimum Gasteiger partial charge on any atom is -0.481 e. The van der Waals surface area contributed by atoms with Crippen molar-refractivity contribution in [2.75, 3.05) is 5.32 Å². The van der Waals surface area contributed by atoms with E-state index in [2.05, 4.69) is 20.8 Å². The molecule has 152 valence electrons. The first-order valence-electron chi connectivity index (χ1n) is 9.11. The van der Waals surface area contributed by atoms with E-state index in [1.54, 1.807) is 26.8 Å². The Morgan fingerprint density at radius 2 is 2.10 bits per heavy atom. The first-order valence-corrected chi connectivity index (χ1v) is 9.93. The molecule has 0 aliphatic carbocycles. The number of anilines is 1. The number of carboxylic acid groups (broad SMARTS) is 1. The van der Waals surface area contributed by atoms with Crippen LogP contribution in [0.3, 0.4) is 0 Å². The van der Waals surface area contributed by atoms with E-state index in [0.717, 1.165) is 15.8 Å². The minimum atomic E-state index is -0.882. The Hall–Kier alpha value is -3.20. The number of nitrogens with one attached hydrogen (secondary N) is 2. The number of carboxylic acids is 1. The number of aliphatic carboxylic acids is 1. The van der Waals surface area contributed by atoms with Crippen LogP contribution in [0.4, 0.5) is 5.13 Å². The molecular formula is C20H22N4O4S. The standard InChI is InChI=1S/C20H22N4O4S/c1-11(15-10-14(28-13(15)3)8-9-18(25)26)23-24-19(27)12(2)21-20-22-16-6-4-5-7-17(16)29-20/h4-7,10,12H,8-9H2,1-3H3,(H,21,22)(H,24,27)(H,25,26)/b23-11-/t12-/m1/s1. The summed E-state index contributed by atoms with van der Waals surface area (Å²) in [6, 6.07) is 9.00. The van der Waals surface area contributed by atoms with Gasteiger partial charge in [0.05, 0.1) is 22.3 Å². The predicted octanol–water partition coefficient (Wildman–Crippen LogP) is 3.56. The number of carbonyl (C=O) groups is 2. The molecule has 1 atom stereocenters. The van der Waals surface area contributed by atoms with Gasteiger partial charge in [-0.3, -0.25) is 9.59 Å². The number of carbonyl (C=O) groups excluding carboxylic acids is 1. The molecule has 0 bridgehead atoms. The molecule has 0 aliphatic heterocycles. The molecule has 0 saturated carbocycles. The highest BCUT2D eigenvalue weighted by molar-refractivity contribution is 7.22. The molecule has 0 saturated heterocycles. The maximum absolute atomic E-state index is 12.4. The summed E-state index contributed by atoms with van der Waals surface area (Å²) in [7, 11) is 0. The van der Waals surface area contributed by atoms with Crippen molar-refractivity contribution in [1.29, 1.82) is 0 Å². The molecule has 0 unspecified atom stereocenters. The minimum absolute atomic E-state index is 0.00568. The lowest BCUT2D eigenvalue weighted by atomic mass is 10.1. The summed E-state index contributed by atoms with van der Waals surface area (Å²) in [4.78, 5) is 27.5. The number of fused-ring (bicyclic) bond motifs is 1. The van der Waals surface area contributed by atoms with Gasteiger partial charge in [0.2, 0.25) is 0 Å². The molecule has 2 heterocycles. The summed E-state index contributed by atoms with van der Waals surface area (Å²) >= 11 is 1.48. The van der Waals surface area contributed by atoms with Crippen LogP contribution >= 0.6 is 11.3 Å². The molecule has 3 rings (SSSR count). The lowest BCUT2D eigenvalue weighted by Gasteiger charge is -2.11. The Kier molecular flexibility index (Phi) is 6.28. The van der Waals surface area contributed by atoms with E-state index in [1.165, 1.54) is 11.3 Å². The van der Waals surface area contributed by atoms with Crippen LogP contribution in [0.1, 0.15) is 37.4 Å². The molecule has 0 aliphatic rings. The zero-order chi connectivity index (χ0) is 21.0. The van der Waals surface area contributed by atoms with Crippen molar-refractivity contribution in [3.8, 4) is 0 Å². The first kappa shape index (κ1) is 20.5. The Labute approximate surface area is 171 Å². The summed E-state index contributed by atoms with van der Waals surface area (Å²) in [5.74, 6) is 0.0249. The van der Waals surface area contributed by atoms with Gasteiger partial charge in [-0.15, -0.1) is 0 Å². The average Bonchev–Trinajstić information content (AvgIpc) is 3.26. The Bertz CT molecular complexity index is 1040. The van der Waals surface area contributed by atoms with Crippen LogP contribution in [0.5, 0.6) is 0 Å². The number of benzene rings is 1. The molecular weight excluding hydrogens is 392 g/mol. The van der Waals surface area contributed by atoms with Crippen LogP contribution in [0.25, 0.3) is 10.2 Å². The van der Waals surface area contributed by atoms with Gasteiger partial charge in [-0.05, 0) is 39.0 Å². The SMILES string of the molecule is C/C(=N/NC(=O)[C@@H](C)Nc1nc2ccccc2s1)c1cc(CCC(=O)O)oc1C. The highest BCUT2D eigenvalue weighted by atomic mass is 32.1. The fourth-order valence-electron chi connectivity index (χ4n) is 2.74. The van der Waals surface area contributed by atoms with Gasteiger partial charge in [0.25, 0.3) is 5.91 Å². The molecule has 9 heteroatoms. The number of rotatable bonds is 8. The lowest BCUT2D eigenvalue weighted by Crippen LogP contribution is -2.35. The zero-order valence-electron chi connectivity index (χ0n) is 16.4. The van der Waals surface area contributed by atoms with Gasteiger partial charge >= 0.3 is 5.97 Å². The molecule has 0 spiro atoms. The van der Waals surface area contributed by atoms with Crippen LogP contribution in [0.15, 0.2) is 39.9 Å². The van der Waals surface area contributed by atoms with Gasteiger partial charge in [0, 0.05) is 12.0 Å². The van der Waals surface area contributed by atoms with Gasteiger partial charge in [-0.1, -0.05) is 23.5 Å². The molecule has 29 heavy (non-hydrogen) atoms. The average molecular weight is 414 g/mol. The van der Waals surface area contributed by atoms with E-state index in [-0.39, 0.29) is 12.3 Å². The quantitative estimate of drug-likeness (QED) is 0.383. The molecule has 3 aromatic rings. The molecule has 1 amide bonds. The van der Waals surface area contributed by atoms with E-state index < -0.39 is 12.0 Å². The predicted molar refractivity (Wildman–Crippen MR) is 112 cm³/mol. The van der Waals surface area contributed by atoms with Crippen LogP contribution in [0, 0.1) is 6.92 Å². The summed E-state index contributed by atoms with van der Waals surface area (Å²) in [5.41, 5.74) is 4.74. The Balaban J connectivity index is 1.60. The topological polar surface area (TPSA) is 117 Å². The summed E-state index contributed by atoms with van der Waals surface area (Å²) in [5, 5.41) is 16.7. The van der Waals surface area contributed by atoms with Gasteiger partial charge < -0.3 is 14.8 Å². The van der Waals surface area contributed by atoms with Crippen LogP contribution < -0.4 is 10.7 Å². The lowest BCUT2D eigenvalue weighted by molar-refractivity contribution is -0.137. The van der Waals surface area contributed by atoms with E-state index in [4.69, 9.17) is 9.52 Å². The van der Waals surface area contributed by atoms with Crippen molar-refractivity contribution in [3.05, 3.63) is 47.4 Å². The van der Waals surface area contributed by atoms with Crippen molar-refractivity contribution in [2.24, 2.45) is 5.10 Å². The number of aryl methyl sites for hydroxylation is 2. The molecule has 3 N–H and O–H groups in total. The highest BCUT2D eigenvalue weighted by Crippen LogP contribution is 2.25. The number of amides is 1. The van der Waals surface area contributed by atoms with Crippen molar-refractivity contribution in [2.45, 2.75) is 39.7 Å². The van der Waals surface area contributed by atoms with E-state index in [0.29, 0.717) is 28.8 Å². The van der Waals surface area contributed by atoms with Crippen molar-refractivity contribution >= 4 is 44.3 Å². The number of nitrogens with zero attached hydrogens (tertiary/aromatic N) is 2. The highest BCUT2D eigenvalue weighted by Gasteiger charge is 2.16. The van der Waals surface area contributed by atoms with Crippen LogP contribution in [0.2, 0.25) is 0 Å². The normalized spacial score (nSPS) is 12.7. The summed E-state index contributed by atoms with van der Waals surface area (Å²) in [6.45, 7) is 5.27. The molecule has 8 nitrogen and oxygen atoms in total. The van der Waals surface area contributed by atoms with Gasteiger partial charge in [-0.2, -0.15) is 5.10 Å². The maximum Gasteiger partial charge on any atom is 0.303 e. The zero-order valence-corrected chi connectivity index (χ0v) is 17.2. The van der Waals surface area contributed by atoms with E-state index >= 15 is 0 Å². The summed E-state index contributed by atoms with van der Waals surface area (Å²) < 4.78 is 6.62. The molecule has 0 fully saturated rings. The largest absolute Gasteiger partial charge is 0.481 e. The van der Waals surface area contributed by atoms with E-state index in [9.17, 15) is 9.59 Å². The monoisotopic (exact) mass is 414 g/mol. The number of para-hydroxylation sites is 1. The van der Waals surface area contributed by atoms with Crippen LogP contribution in [-0.2, 0) is 16.0 Å². The van der Waals surface area contributed by atoms with Gasteiger partial charge in [0.1, 0.15) is 17.6 Å². The van der Waals surface area contributed by atoms with E-state index in [1.807, 2.05) is 24.3 Å². The third-order valence-electron chi connectivity index (χ3n) is 4.30. The third kappa shape index (κ3) is 5.20. The summed E-state index contributed by atoms with van der Waals surface area (Å²) in [6.07, 6.45) is 0.299. The third-order valence-corrected chi connectivity index (χ3v) is 5.27. The van der Waals surface area contributed by atoms with Crippen molar-refractivity contribution in [1.82, 2.24) is 10.4 Å². The van der Waals surface area contributed by atoms with Crippen molar-refractivity contribution < 1.29 is 19.1 Å². The number of hydrazone groups is 1. The fourth-order valence-corrected chi connectivity index (χ4v) is 3.69. The number of thiazole rings is 1. The second-order valence-corrected chi connectivity index (χ2v) is 7.63. The fraction of sp³-hybridized carbons (Fsp3) is 0.300. The number of aromatic nitrogens is 1. The number of furan rings is 1. The van der Waals surface area contributed by atoms with Gasteiger partial charge in [-0.25, -0.2) is 10.4 Å². The number of hydrogen-bond acceptors (Lipinski definition) is 7. The molecule has 0 radical (unpaired) electrons. The van der Waals surface area contributed by atoms with Gasteiger partial charge in [0.15, 0.2) is 5.13 Å². The number of hydrogen-bond donors (Lipinski definition) is 3. The second kappa shape index (κ2) is 8.87. The molecule has 1 aromatic carbocycles. The van der Waals surface area contributed by atoms with Crippen LogP contribution in [-0.4, -0.2) is 33.7 Å². The first-order chi connectivity index (χ1) is 13.8. The molecule has 2 aromatic heterocycles. The second-order valence-electron chi connectivity index (χ2n) is 6.60. The Morgan fingerprint density at radius 1 is 1.34 bits per heavy atom.